The summed E-state index contributed by atoms with van der Waals surface area (Å²) < 4.78 is 0. The average molecular weight is 293 g/mol. The smallest absolute Gasteiger partial charge is 0.137 e. The molecule has 0 saturated heterocycles. The Morgan fingerprint density at radius 3 is 2.43 bits per heavy atom. The maximum atomic E-state index is 4.60. The second-order valence-electron chi connectivity index (χ2n) is 5.70. The van der Waals surface area contributed by atoms with Crippen LogP contribution in [0, 0.1) is 0 Å². The van der Waals surface area contributed by atoms with Crippen molar-refractivity contribution in [2.24, 2.45) is 0 Å². The van der Waals surface area contributed by atoms with E-state index >= 15 is 0 Å². The van der Waals surface area contributed by atoms with E-state index in [4.69, 9.17) is 0 Å². The minimum absolute atomic E-state index is 0.421. The minimum atomic E-state index is 0.421. The molecule has 0 bridgehead atoms. The summed E-state index contributed by atoms with van der Waals surface area (Å²) in [5.74, 6) is 2.07. The Morgan fingerprint density at radius 2 is 1.90 bits per heavy atom. The Bertz CT molecular complexity index is 419. The normalized spacial score (nSPS) is 12.5. The van der Waals surface area contributed by atoms with Gasteiger partial charge >= 0.3 is 0 Å². The number of hydrogen-bond donors (Lipinski definition) is 1. The Morgan fingerprint density at radius 1 is 1.19 bits per heavy atom. The number of aromatic nitrogens is 2. The largest absolute Gasteiger partial charge is 0.370 e. The molecule has 1 N–H and O–H groups in total. The first-order chi connectivity index (χ1) is 10.0. The number of anilines is 2. The quantitative estimate of drug-likeness (QED) is 0.758. The lowest BCUT2D eigenvalue weighted by molar-refractivity contribution is 0.372. The summed E-state index contributed by atoms with van der Waals surface area (Å²) >= 11 is 0. The lowest BCUT2D eigenvalue weighted by Crippen LogP contribution is -2.41. The number of hydrogen-bond acceptors (Lipinski definition) is 5. The second kappa shape index (κ2) is 8.82. The molecule has 0 aliphatic carbocycles. The van der Waals surface area contributed by atoms with Gasteiger partial charge in [0.25, 0.3) is 0 Å². The van der Waals surface area contributed by atoms with Crippen LogP contribution in [0.1, 0.15) is 39.7 Å². The highest BCUT2D eigenvalue weighted by Gasteiger charge is 2.20. The second-order valence-corrected chi connectivity index (χ2v) is 5.70. The molecule has 21 heavy (non-hydrogen) atoms. The molecule has 0 fully saturated rings. The van der Waals surface area contributed by atoms with Crippen molar-refractivity contribution in [2.75, 3.05) is 43.9 Å². The molecule has 5 heteroatoms. The molecular formula is C16H31N5. The molecule has 0 amide bonds. The zero-order valence-electron chi connectivity index (χ0n) is 14.5. The first-order valence-corrected chi connectivity index (χ1v) is 8.04. The Hall–Kier alpha value is -1.36. The van der Waals surface area contributed by atoms with Crippen molar-refractivity contribution in [3.63, 3.8) is 0 Å². The molecule has 0 spiro atoms. The first-order valence-electron chi connectivity index (χ1n) is 8.04. The van der Waals surface area contributed by atoms with Crippen LogP contribution >= 0.6 is 0 Å². The van der Waals surface area contributed by atoms with Crippen LogP contribution in [0.5, 0.6) is 0 Å². The van der Waals surface area contributed by atoms with Crippen LogP contribution in [-0.4, -0.2) is 54.6 Å². The van der Waals surface area contributed by atoms with Crippen molar-refractivity contribution in [3.05, 3.63) is 11.9 Å². The van der Waals surface area contributed by atoms with Gasteiger partial charge in [0.1, 0.15) is 18.0 Å². The highest BCUT2D eigenvalue weighted by atomic mass is 15.2. The van der Waals surface area contributed by atoms with E-state index in [2.05, 4.69) is 66.9 Å². The lowest BCUT2D eigenvalue weighted by atomic mass is 10.1. The summed E-state index contributed by atoms with van der Waals surface area (Å²) in [5, 5.41) is 3.37. The molecule has 0 aliphatic rings. The number of nitrogens with one attached hydrogen (secondary N) is 1. The summed E-state index contributed by atoms with van der Waals surface area (Å²) in [6.07, 6.45) is 3.78. The van der Waals surface area contributed by atoms with Crippen molar-refractivity contribution in [1.29, 1.82) is 0 Å². The Balaban J connectivity index is 3.15. The van der Waals surface area contributed by atoms with Crippen molar-refractivity contribution in [2.45, 2.75) is 46.6 Å². The van der Waals surface area contributed by atoms with Gasteiger partial charge in [-0.2, -0.15) is 0 Å². The average Bonchev–Trinajstić information content (AvgIpc) is 2.42. The zero-order chi connectivity index (χ0) is 15.8. The monoisotopic (exact) mass is 293 g/mol. The molecule has 0 aromatic carbocycles. The standard InChI is InChI=1S/C16H31N5/c1-7-10-14-15(17-8-2)18-12-19-16(14)21(9-3)13(4)11-20(5)6/h12-13H,7-11H2,1-6H3,(H,17,18,19). The summed E-state index contributed by atoms with van der Waals surface area (Å²) in [6.45, 7) is 11.6. The fraction of sp³-hybridized carbons (Fsp3) is 0.750. The van der Waals surface area contributed by atoms with E-state index in [1.807, 2.05) is 0 Å². The topological polar surface area (TPSA) is 44.3 Å². The Labute approximate surface area is 129 Å². The number of nitrogens with zero attached hydrogens (tertiary/aromatic N) is 4. The van der Waals surface area contributed by atoms with E-state index in [0.717, 1.165) is 44.1 Å². The molecule has 0 aliphatic heterocycles. The predicted molar refractivity (Wildman–Crippen MR) is 91.2 cm³/mol. The van der Waals surface area contributed by atoms with E-state index in [1.54, 1.807) is 6.33 Å². The van der Waals surface area contributed by atoms with Gasteiger partial charge in [-0.3, -0.25) is 0 Å². The van der Waals surface area contributed by atoms with E-state index in [-0.39, 0.29) is 0 Å². The minimum Gasteiger partial charge on any atom is -0.370 e. The van der Waals surface area contributed by atoms with Gasteiger partial charge in [0.15, 0.2) is 0 Å². The molecule has 5 nitrogen and oxygen atoms in total. The number of likely N-dealkylation sites (N-methyl/N-ethyl adjacent to an activating group) is 2. The third-order valence-electron chi connectivity index (χ3n) is 3.54. The van der Waals surface area contributed by atoms with E-state index < -0.39 is 0 Å². The first kappa shape index (κ1) is 17.7. The number of rotatable bonds is 9. The zero-order valence-corrected chi connectivity index (χ0v) is 14.5. The van der Waals surface area contributed by atoms with E-state index in [1.165, 1.54) is 5.56 Å². The van der Waals surface area contributed by atoms with Crippen molar-refractivity contribution < 1.29 is 0 Å². The fourth-order valence-corrected chi connectivity index (χ4v) is 2.75. The van der Waals surface area contributed by atoms with Crippen molar-refractivity contribution >= 4 is 11.6 Å². The fourth-order valence-electron chi connectivity index (χ4n) is 2.75. The molecule has 1 rings (SSSR count). The maximum absolute atomic E-state index is 4.60. The lowest BCUT2D eigenvalue weighted by Gasteiger charge is -2.32. The van der Waals surface area contributed by atoms with Crippen molar-refractivity contribution in [3.8, 4) is 0 Å². The predicted octanol–water partition coefficient (Wildman–Crippen LogP) is 2.64. The summed E-state index contributed by atoms with van der Waals surface area (Å²) in [7, 11) is 4.22. The molecule has 0 radical (unpaired) electrons. The molecule has 120 valence electrons. The highest BCUT2D eigenvalue weighted by molar-refractivity contribution is 5.59. The van der Waals surface area contributed by atoms with Gasteiger partial charge in [0, 0.05) is 31.2 Å². The van der Waals surface area contributed by atoms with Crippen LogP contribution in [0.25, 0.3) is 0 Å². The molecule has 1 heterocycles. The molecule has 1 aromatic heterocycles. The van der Waals surface area contributed by atoms with Gasteiger partial charge in [-0.25, -0.2) is 9.97 Å². The third kappa shape index (κ3) is 4.84. The van der Waals surface area contributed by atoms with Crippen molar-refractivity contribution in [1.82, 2.24) is 14.9 Å². The van der Waals surface area contributed by atoms with Gasteiger partial charge in [-0.15, -0.1) is 0 Å². The summed E-state index contributed by atoms with van der Waals surface area (Å²) in [6, 6.07) is 0.421. The van der Waals surface area contributed by atoms with Gasteiger partial charge in [0.05, 0.1) is 0 Å². The summed E-state index contributed by atoms with van der Waals surface area (Å²) in [4.78, 5) is 13.6. The van der Waals surface area contributed by atoms with Crippen LogP contribution in [-0.2, 0) is 6.42 Å². The molecule has 1 unspecified atom stereocenters. The van der Waals surface area contributed by atoms with E-state index in [9.17, 15) is 0 Å². The van der Waals surface area contributed by atoms with Crippen LogP contribution in [0.15, 0.2) is 6.33 Å². The van der Waals surface area contributed by atoms with Gasteiger partial charge in [0.2, 0.25) is 0 Å². The molecule has 1 atom stereocenters. The molecular weight excluding hydrogens is 262 g/mol. The van der Waals surface area contributed by atoms with Crippen LogP contribution in [0.2, 0.25) is 0 Å². The SMILES string of the molecule is CCCc1c(NCC)ncnc1N(CC)C(C)CN(C)C. The third-order valence-corrected chi connectivity index (χ3v) is 3.54. The molecule has 0 saturated carbocycles. The van der Waals surface area contributed by atoms with Gasteiger partial charge in [-0.1, -0.05) is 13.3 Å². The van der Waals surface area contributed by atoms with Gasteiger partial charge < -0.3 is 15.1 Å². The maximum Gasteiger partial charge on any atom is 0.137 e. The highest BCUT2D eigenvalue weighted by Crippen LogP contribution is 2.26. The molecule has 1 aromatic rings. The Kier molecular flexibility index (Phi) is 7.43. The van der Waals surface area contributed by atoms with Gasteiger partial charge in [-0.05, 0) is 41.3 Å². The van der Waals surface area contributed by atoms with Crippen LogP contribution in [0.4, 0.5) is 11.6 Å². The van der Waals surface area contributed by atoms with E-state index in [0.29, 0.717) is 6.04 Å². The van der Waals surface area contributed by atoms with Crippen LogP contribution < -0.4 is 10.2 Å². The van der Waals surface area contributed by atoms with Crippen LogP contribution in [0.3, 0.4) is 0 Å². The summed E-state index contributed by atoms with van der Waals surface area (Å²) in [5.41, 5.74) is 1.24.